The number of carbonyl (C=O) groups is 2. The summed E-state index contributed by atoms with van der Waals surface area (Å²) in [5, 5.41) is 8.73. The van der Waals surface area contributed by atoms with E-state index in [1.54, 1.807) is 17.6 Å². The number of nitrogens with zero attached hydrogens (tertiary/aromatic N) is 2. The van der Waals surface area contributed by atoms with Crippen LogP contribution in [-0.4, -0.2) is 35.8 Å². The van der Waals surface area contributed by atoms with Crippen molar-refractivity contribution in [2.75, 3.05) is 18.0 Å². The number of benzodiazepines with no additional fused rings is 1. The third kappa shape index (κ3) is 2.97. The summed E-state index contributed by atoms with van der Waals surface area (Å²) in [6, 6.07) is 16.9. The van der Waals surface area contributed by atoms with E-state index in [9.17, 15) is 9.59 Å². The SMILES string of the molecule is O=C(CN1C(=O)CN=C(c2ccccc2)c2ccccc21)NO. The van der Waals surface area contributed by atoms with Crippen molar-refractivity contribution < 1.29 is 14.8 Å². The molecule has 0 spiro atoms. The van der Waals surface area contributed by atoms with Gasteiger partial charge in [0.25, 0.3) is 5.91 Å². The standard InChI is InChI=1S/C17H15N3O3/c21-15(19-23)11-20-14-9-5-4-8-13(14)17(18-10-16(20)22)12-6-2-1-3-7-12/h1-9,23H,10-11H2,(H,19,21). The fraction of sp³-hybridized carbons (Fsp3) is 0.118. The van der Waals surface area contributed by atoms with Crippen LogP contribution in [0.5, 0.6) is 0 Å². The lowest BCUT2D eigenvalue weighted by atomic mass is 10.0. The van der Waals surface area contributed by atoms with Gasteiger partial charge in [-0.15, -0.1) is 0 Å². The van der Waals surface area contributed by atoms with Crippen LogP contribution >= 0.6 is 0 Å². The second kappa shape index (κ2) is 6.41. The normalized spacial score (nSPS) is 13.9. The minimum absolute atomic E-state index is 0.0579. The minimum Gasteiger partial charge on any atom is -0.301 e. The Hall–Kier alpha value is -2.99. The molecule has 2 aromatic rings. The van der Waals surface area contributed by atoms with Gasteiger partial charge in [0.15, 0.2) is 0 Å². The van der Waals surface area contributed by atoms with Crippen molar-refractivity contribution in [2.45, 2.75) is 0 Å². The molecule has 116 valence electrons. The number of hydrogen-bond donors (Lipinski definition) is 2. The molecular weight excluding hydrogens is 294 g/mol. The van der Waals surface area contributed by atoms with Gasteiger partial charge in [0.05, 0.1) is 11.4 Å². The van der Waals surface area contributed by atoms with E-state index in [4.69, 9.17) is 5.21 Å². The molecule has 1 aliphatic heterocycles. The van der Waals surface area contributed by atoms with Gasteiger partial charge in [0, 0.05) is 11.1 Å². The van der Waals surface area contributed by atoms with Crippen LogP contribution in [-0.2, 0) is 9.59 Å². The first-order valence-corrected chi connectivity index (χ1v) is 7.13. The van der Waals surface area contributed by atoms with E-state index in [1.807, 2.05) is 42.5 Å². The molecule has 3 rings (SSSR count). The van der Waals surface area contributed by atoms with Gasteiger partial charge < -0.3 is 4.90 Å². The van der Waals surface area contributed by atoms with E-state index in [0.717, 1.165) is 11.1 Å². The largest absolute Gasteiger partial charge is 0.301 e. The highest BCUT2D eigenvalue weighted by Crippen LogP contribution is 2.26. The minimum atomic E-state index is -0.656. The summed E-state index contributed by atoms with van der Waals surface area (Å²) in [5.41, 5.74) is 4.54. The van der Waals surface area contributed by atoms with E-state index in [1.165, 1.54) is 4.90 Å². The number of nitrogens with one attached hydrogen (secondary N) is 1. The quantitative estimate of drug-likeness (QED) is 0.664. The van der Waals surface area contributed by atoms with Crippen molar-refractivity contribution in [3.8, 4) is 0 Å². The molecule has 0 fully saturated rings. The number of fused-ring (bicyclic) bond motifs is 1. The van der Waals surface area contributed by atoms with Crippen molar-refractivity contribution in [1.82, 2.24) is 5.48 Å². The smallest absolute Gasteiger partial charge is 0.263 e. The first-order valence-electron chi connectivity index (χ1n) is 7.13. The third-order valence-electron chi connectivity index (χ3n) is 3.60. The first kappa shape index (κ1) is 14.9. The topological polar surface area (TPSA) is 82.0 Å². The number of hydrogen-bond acceptors (Lipinski definition) is 4. The fourth-order valence-electron chi connectivity index (χ4n) is 2.56. The number of amides is 2. The van der Waals surface area contributed by atoms with Gasteiger partial charge in [0.1, 0.15) is 13.1 Å². The van der Waals surface area contributed by atoms with Gasteiger partial charge >= 0.3 is 0 Å². The van der Waals surface area contributed by atoms with Crippen LogP contribution in [0.25, 0.3) is 0 Å². The monoisotopic (exact) mass is 309 g/mol. The molecule has 6 heteroatoms. The Morgan fingerprint density at radius 3 is 2.57 bits per heavy atom. The Bertz CT molecular complexity index is 772. The van der Waals surface area contributed by atoms with E-state index in [0.29, 0.717) is 11.4 Å². The Labute approximate surface area is 133 Å². The molecule has 0 bridgehead atoms. The summed E-state index contributed by atoms with van der Waals surface area (Å²) in [6.45, 7) is -0.318. The zero-order chi connectivity index (χ0) is 16.2. The second-order valence-corrected chi connectivity index (χ2v) is 5.06. The fourth-order valence-corrected chi connectivity index (χ4v) is 2.56. The molecule has 1 aliphatic rings. The lowest BCUT2D eigenvalue weighted by Crippen LogP contribution is -2.40. The van der Waals surface area contributed by atoms with E-state index in [-0.39, 0.29) is 19.0 Å². The Morgan fingerprint density at radius 2 is 1.83 bits per heavy atom. The highest BCUT2D eigenvalue weighted by molar-refractivity contribution is 6.20. The number of anilines is 1. The number of carbonyl (C=O) groups excluding carboxylic acids is 2. The molecule has 1 heterocycles. The molecule has 6 nitrogen and oxygen atoms in total. The molecule has 0 unspecified atom stereocenters. The molecule has 23 heavy (non-hydrogen) atoms. The van der Waals surface area contributed by atoms with E-state index in [2.05, 4.69) is 4.99 Å². The average Bonchev–Trinajstić information content (AvgIpc) is 2.73. The van der Waals surface area contributed by atoms with Crippen molar-refractivity contribution >= 4 is 23.2 Å². The zero-order valence-electron chi connectivity index (χ0n) is 12.3. The van der Waals surface area contributed by atoms with Gasteiger partial charge in [-0.05, 0) is 6.07 Å². The molecule has 0 aliphatic carbocycles. The average molecular weight is 309 g/mol. The highest BCUT2D eigenvalue weighted by atomic mass is 16.5. The predicted octanol–water partition coefficient (Wildman–Crippen LogP) is 1.38. The maximum absolute atomic E-state index is 12.4. The maximum Gasteiger partial charge on any atom is 0.263 e. The number of benzene rings is 2. The summed E-state index contributed by atoms with van der Waals surface area (Å²) >= 11 is 0. The van der Waals surface area contributed by atoms with Crippen molar-refractivity contribution in [3.05, 3.63) is 65.7 Å². The van der Waals surface area contributed by atoms with E-state index < -0.39 is 5.91 Å². The number of para-hydroxylation sites is 1. The summed E-state index contributed by atoms with van der Waals surface area (Å²) < 4.78 is 0. The molecule has 0 radical (unpaired) electrons. The Morgan fingerprint density at radius 1 is 1.13 bits per heavy atom. The van der Waals surface area contributed by atoms with Crippen LogP contribution in [0.1, 0.15) is 11.1 Å². The van der Waals surface area contributed by atoms with Crippen LogP contribution in [0.3, 0.4) is 0 Å². The molecule has 0 saturated carbocycles. The van der Waals surface area contributed by atoms with Gasteiger partial charge in [-0.2, -0.15) is 0 Å². The number of aliphatic imine (C=N–C) groups is 1. The lowest BCUT2D eigenvalue weighted by Gasteiger charge is -2.21. The Kier molecular flexibility index (Phi) is 4.16. The molecule has 0 aromatic heterocycles. The van der Waals surface area contributed by atoms with Gasteiger partial charge in [0.2, 0.25) is 5.91 Å². The number of hydroxylamine groups is 1. The molecule has 2 N–H and O–H groups in total. The first-order chi connectivity index (χ1) is 11.2. The van der Waals surface area contributed by atoms with Crippen molar-refractivity contribution in [3.63, 3.8) is 0 Å². The highest BCUT2D eigenvalue weighted by Gasteiger charge is 2.26. The van der Waals surface area contributed by atoms with Crippen LogP contribution in [0.4, 0.5) is 5.69 Å². The molecule has 0 saturated heterocycles. The van der Waals surface area contributed by atoms with Crippen LogP contribution in [0.2, 0.25) is 0 Å². The van der Waals surface area contributed by atoms with Crippen molar-refractivity contribution in [2.24, 2.45) is 4.99 Å². The summed E-state index contributed by atoms with van der Waals surface area (Å²) in [5.74, 6) is -0.955. The van der Waals surface area contributed by atoms with Crippen LogP contribution in [0.15, 0.2) is 59.6 Å². The lowest BCUT2D eigenvalue weighted by molar-refractivity contribution is -0.129. The van der Waals surface area contributed by atoms with Gasteiger partial charge in [-0.1, -0.05) is 48.5 Å². The summed E-state index contributed by atoms with van der Waals surface area (Å²) in [4.78, 5) is 29.6. The predicted molar refractivity (Wildman–Crippen MR) is 85.7 cm³/mol. The number of rotatable bonds is 3. The van der Waals surface area contributed by atoms with Crippen LogP contribution in [0, 0.1) is 0 Å². The van der Waals surface area contributed by atoms with Gasteiger partial charge in [-0.25, -0.2) is 5.48 Å². The molecule has 0 atom stereocenters. The van der Waals surface area contributed by atoms with Crippen LogP contribution < -0.4 is 10.4 Å². The van der Waals surface area contributed by atoms with Crippen molar-refractivity contribution in [1.29, 1.82) is 0 Å². The van der Waals surface area contributed by atoms with Gasteiger partial charge in [-0.3, -0.25) is 19.8 Å². The third-order valence-corrected chi connectivity index (χ3v) is 3.60. The Balaban J connectivity index is 2.09. The zero-order valence-corrected chi connectivity index (χ0v) is 12.3. The molecular formula is C17H15N3O3. The molecule has 2 amide bonds. The maximum atomic E-state index is 12.4. The van der Waals surface area contributed by atoms with E-state index >= 15 is 0 Å². The summed E-state index contributed by atoms with van der Waals surface area (Å²) in [7, 11) is 0. The second-order valence-electron chi connectivity index (χ2n) is 5.06. The molecule has 2 aromatic carbocycles. The summed E-state index contributed by atoms with van der Waals surface area (Å²) in [6.07, 6.45) is 0.